The van der Waals surface area contributed by atoms with E-state index in [-0.39, 0.29) is 12.7 Å². The summed E-state index contributed by atoms with van der Waals surface area (Å²) in [7, 11) is 1.55. The number of nitrogens with one attached hydrogen (secondary N) is 1. The summed E-state index contributed by atoms with van der Waals surface area (Å²) < 4.78 is 16.7. The Kier molecular flexibility index (Phi) is 4.47. The summed E-state index contributed by atoms with van der Waals surface area (Å²) in [5.41, 5.74) is 3.66. The lowest BCUT2D eigenvalue weighted by Gasteiger charge is -2.06. The molecule has 0 unspecified atom stereocenters. The predicted octanol–water partition coefficient (Wildman–Crippen LogP) is 2.95. The highest BCUT2D eigenvalue weighted by molar-refractivity contribution is 9.10. The van der Waals surface area contributed by atoms with Gasteiger partial charge in [-0.25, -0.2) is 5.43 Å². The average Bonchev–Trinajstić information content (AvgIpc) is 3.01. The molecule has 0 bridgehead atoms. The molecule has 7 heteroatoms. The minimum absolute atomic E-state index is 0.179. The smallest absolute Gasteiger partial charge is 0.271 e. The second kappa shape index (κ2) is 6.70. The number of ether oxygens (including phenoxy) is 3. The first kappa shape index (κ1) is 15.4. The molecule has 2 aromatic rings. The summed E-state index contributed by atoms with van der Waals surface area (Å²) in [6.07, 6.45) is 1.50. The predicted molar refractivity (Wildman–Crippen MR) is 88.3 cm³/mol. The summed E-state index contributed by atoms with van der Waals surface area (Å²) >= 11 is 3.32. The van der Waals surface area contributed by atoms with Crippen molar-refractivity contribution in [2.45, 2.75) is 0 Å². The number of fused-ring (bicyclic) bond motifs is 1. The van der Waals surface area contributed by atoms with Crippen molar-refractivity contribution in [2.75, 3.05) is 13.9 Å². The number of carbonyl (C=O) groups is 1. The van der Waals surface area contributed by atoms with E-state index in [4.69, 9.17) is 14.2 Å². The molecule has 0 spiro atoms. The molecule has 0 atom stereocenters. The van der Waals surface area contributed by atoms with Crippen molar-refractivity contribution in [3.8, 4) is 17.2 Å². The van der Waals surface area contributed by atoms with Crippen molar-refractivity contribution in [3.05, 3.63) is 52.0 Å². The number of carbonyl (C=O) groups excluding carboxylic acids is 1. The van der Waals surface area contributed by atoms with Crippen LogP contribution in [0.5, 0.6) is 17.2 Å². The Hall–Kier alpha value is -2.54. The molecule has 23 heavy (non-hydrogen) atoms. The quantitative estimate of drug-likeness (QED) is 0.657. The lowest BCUT2D eigenvalue weighted by atomic mass is 10.2. The SMILES string of the molecule is COc1cc2c(cc1/C=N/NC(=O)c1cccc(Br)c1)OCO2. The first-order chi connectivity index (χ1) is 11.2. The number of hydrazone groups is 1. The molecule has 0 aliphatic carbocycles. The Morgan fingerprint density at radius 1 is 1.30 bits per heavy atom. The normalized spacial score (nSPS) is 12.4. The number of nitrogens with zero attached hydrogens (tertiary/aromatic N) is 1. The number of rotatable bonds is 4. The van der Waals surface area contributed by atoms with Crippen molar-refractivity contribution in [1.82, 2.24) is 5.43 Å². The third kappa shape index (κ3) is 3.45. The van der Waals surface area contributed by atoms with Gasteiger partial charge < -0.3 is 14.2 Å². The second-order valence-electron chi connectivity index (χ2n) is 4.66. The molecule has 0 saturated carbocycles. The number of amides is 1. The lowest BCUT2D eigenvalue weighted by Crippen LogP contribution is -2.17. The van der Waals surface area contributed by atoms with Gasteiger partial charge in [-0.05, 0) is 24.3 Å². The van der Waals surface area contributed by atoms with Gasteiger partial charge in [0.2, 0.25) is 6.79 Å². The molecule has 0 aromatic heterocycles. The van der Waals surface area contributed by atoms with Gasteiger partial charge in [-0.3, -0.25) is 4.79 Å². The van der Waals surface area contributed by atoms with E-state index in [1.807, 2.05) is 6.07 Å². The molecule has 0 fully saturated rings. The van der Waals surface area contributed by atoms with Gasteiger partial charge in [-0.2, -0.15) is 5.10 Å². The minimum atomic E-state index is -0.303. The molecule has 1 aliphatic heterocycles. The molecule has 118 valence electrons. The number of methoxy groups -OCH3 is 1. The monoisotopic (exact) mass is 376 g/mol. The van der Waals surface area contributed by atoms with Crippen molar-refractivity contribution < 1.29 is 19.0 Å². The van der Waals surface area contributed by atoms with Gasteiger partial charge in [-0.15, -0.1) is 0 Å². The van der Waals surface area contributed by atoms with Crippen LogP contribution in [-0.2, 0) is 0 Å². The fourth-order valence-corrected chi connectivity index (χ4v) is 2.47. The van der Waals surface area contributed by atoms with Crippen LogP contribution in [0.3, 0.4) is 0 Å². The second-order valence-corrected chi connectivity index (χ2v) is 5.57. The van der Waals surface area contributed by atoms with E-state index in [1.54, 1.807) is 37.4 Å². The molecule has 1 heterocycles. The third-order valence-electron chi connectivity index (χ3n) is 3.18. The van der Waals surface area contributed by atoms with Gasteiger partial charge in [0.15, 0.2) is 11.5 Å². The number of halogens is 1. The number of hydrogen-bond acceptors (Lipinski definition) is 5. The highest BCUT2D eigenvalue weighted by Gasteiger charge is 2.17. The summed E-state index contributed by atoms with van der Waals surface area (Å²) in [6.45, 7) is 0.179. The zero-order valence-corrected chi connectivity index (χ0v) is 13.8. The fourth-order valence-electron chi connectivity index (χ4n) is 2.07. The van der Waals surface area contributed by atoms with Gasteiger partial charge in [0, 0.05) is 21.7 Å². The van der Waals surface area contributed by atoms with Crippen molar-refractivity contribution in [2.24, 2.45) is 5.10 Å². The molecule has 6 nitrogen and oxygen atoms in total. The molecular formula is C16H13BrN2O4. The van der Waals surface area contributed by atoms with E-state index in [2.05, 4.69) is 26.5 Å². The van der Waals surface area contributed by atoms with Crippen LogP contribution in [0.1, 0.15) is 15.9 Å². The van der Waals surface area contributed by atoms with Gasteiger partial charge in [0.25, 0.3) is 5.91 Å². The van der Waals surface area contributed by atoms with Crippen LogP contribution in [0.2, 0.25) is 0 Å². The van der Waals surface area contributed by atoms with Crippen LogP contribution in [0.25, 0.3) is 0 Å². The van der Waals surface area contributed by atoms with E-state index in [1.165, 1.54) is 6.21 Å². The van der Waals surface area contributed by atoms with Gasteiger partial charge in [0.05, 0.1) is 13.3 Å². The van der Waals surface area contributed by atoms with Crippen LogP contribution in [0.4, 0.5) is 0 Å². The number of benzene rings is 2. The van der Waals surface area contributed by atoms with E-state index < -0.39 is 0 Å². The zero-order chi connectivity index (χ0) is 16.2. The summed E-state index contributed by atoms with van der Waals surface area (Å²) in [5.74, 6) is 1.51. The standard InChI is InChI=1S/C16H13BrN2O4/c1-21-13-7-15-14(22-9-23-15)6-11(13)8-18-19-16(20)10-3-2-4-12(17)5-10/h2-8H,9H2,1H3,(H,19,20)/b18-8+. The fraction of sp³-hybridized carbons (Fsp3) is 0.125. The maximum absolute atomic E-state index is 12.0. The highest BCUT2D eigenvalue weighted by Crippen LogP contribution is 2.37. The van der Waals surface area contributed by atoms with E-state index in [0.29, 0.717) is 28.4 Å². The van der Waals surface area contributed by atoms with E-state index in [0.717, 1.165) is 4.47 Å². The number of hydrogen-bond donors (Lipinski definition) is 1. The zero-order valence-electron chi connectivity index (χ0n) is 12.2. The first-order valence-electron chi connectivity index (χ1n) is 6.74. The molecule has 1 amide bonds. The Morgan fingerprint density at radius 3 is 2.83 bits per heavy atom. The van der Waals surface area contributed by atoms with Crippen molar-refractivity contribution >= 4 is 28.1 Å². The van der Waals surface area contributed by atoms with Gasteiger partial charge in [-0.1, -0.05) is 22.0 Å². The Bertz CT molecular complexity index is 777. The average molecular weight is 377 g/mol. The molecule has 1 N–H and O–H groups in total. The molecular weight excluding hydrogens is 364 g/mol. The van der Waals surface area contributed by atoms with Gasteiger partial charge in [0.1, 0.15) is 5.75 Å². The molecule has 3 rings (SSSR count). The van der Waals surface area contributed by atoms with Crippen LogP contribution >= 0.6 is 15.9 Å². The molecule has 0 radical (unpaired) electrons. The summed E-state index contributed by atoms with van der Waals surface area (Å²) in [4.78, 5) is 12.0. The molecule has 0 saturated heterocycles. The maximum atomic E-state index is 12.0. The van der Waals surface area contributed by atoms with Crippen LogP contribution in [0, 0.1) is 0 Å². The third-order valence-corrected chi connectivity index (χ3v) is 3.67. The Labute approximate surface area is 141 Å². The first-order valence-corrected chi connectivity index (χ1v) is 7.53. The summed E-state index contributed by atoms with van der Waals surface area (Å²) in [5, 5.41) is 3.97. The van der Waals surface area contributed by atoms with E-state index in [9.17, 15) is 4.79 Å². The van der Waals surface area contributed by atoms with Gasteiger partial charge >= 0.3 is 0 Å². The maximum Gasteiger partial charge on any atom is 0.271 e. The molecule has 1 aliphatic rings. The minimum Gasteiger partial charge on any atom is -0.496 e. The summed E-state index contributed by atoms with van der Waals surface area (Å²) in [6, 6.07) is 10.5. The Morgan fingerprint density at radius 2 is 2.09 bits per heavy atom. The van der Waals surface area contributed by atoms with Crippen LogP contribution in [0.15, 0.2) is 46.0 Å². The molecule has 2 aromatic carbocycles. The highest BCUT2D eigenvalue weighted by atomic mass is 79.9. The van der Waals surface area contributed by atoms with Crippen molar-refractivity contribution in [3.63, 3.8) is 0 Å². The van der Waals surface area contributed by atoms with E-state index >= 15 is 0 Å². The Balaban J connectivity index is 1.74. The largest absolute Gasteiger partial charge is 0.496 e. The lowest BCUT2D eigenvalue weighted by molar-refractivity contribution is 0.0955. The topological polar surface area (TPSA) is 69.2 Å². The van der Waals surface area contributed by atoms with Crippen LogP contribution in [-0.4, -0.2) is 26.0 Å². The van der Waals surface area contributed by atoms with Crippen LogP contribution < -0.4 is 19.6 Å². The van der Waals surface area contributed by atoms with Crippen molar-refractivity contribution in [1.29, 1.82) is 0 Å².